The molecule has 0 bridgehead atoms. The molecule has 9 nitrogen and oxygen atoms in total. The maximum atomic E-state index is 12.3. The fraction of sp³-hybridized carbons (Fsp3) is 0.238. The van der Waals surface area contributed by atoms with Crippen molar-refractivity contribution in [3.63, 3.8) is 0 Å². The van der Waals surface area contributed by atoms with Crippen molar-refractivity contribution in [2.75, 3.05) is 27.2 Å². The van der Waals surface area contributed by atoms with Gasteiger partial charge in [-0.2, -0.15) is 0 Å². The summed E-state index contributed by atoms with van der Waals surface area (Å²) in [5.74, 6) is 1.85. The van der Waals surface area contributed by atoms with Crippen molar-refractivity contribution < 1.29 is 14.3 Å². The van der Waals surface area contributed by atoms with Crippen LogP contribution in [0.25, 0.3) is 16.6 Å². The van der Waals surface area contributed by atoms with Crippen LogP contribution in [0.5, 0.6) is 11.5 Å². The van der Waals surface area contributed by atoms with Crippen LogP contribution in [0.1, 0.15) is 16.2 Å². The zero-order chi connectivity index (χ0) is 20.9. The number of rotatable bonds is 8. The molecular formula is C21H22N6O3. The highest BCUT2D eigenvalue weighted by molar-refractivity contribution is 5.94. The van der Waals surface area contributed by atoms with E-state index in [2.05, 4.69) is 25.8 Å². The summed E-state index contributed by atoms with van der Waals surface area (Å²) in [6.45, 7) is 1.44. The second kappa shape index (κ2) is 8.75. The summed E-state index contributed by atoms with van der Waals surface area (Å²) in [6.07, 6.45) is 3.41. The average Bonchev–Trinajstić information content (AvgIpc) is 3.19. The predicted octanol–water partition coefficient (Wildman–Crippen LogP) is 1.81. The zero-order valence-corrected chi connectivity index (χ0v) is 16.8. The number of fused-ring (bicyclic) bond motifs is 2. The van der Waals surface area contributed by atoms with Gasteiger partial charge in [-0.25, -0.2) is 0 Å². The number of hydrogen-bond donors (Lipinski definition) is 2. The summed E-state index contributed by atoms with van der Waals surface area (Å²) in [6, 6.07) is 10.9. The Morgan fingerprint density at radius 1 is 1.13 bits per heavy atom. The van der Waals surface area contributed by atoms with Crippen LogP contribution in [0.15, 0.2) is 48.8 Å². The largest absolute Gasteiger partial charge is 0.497 e. The van der Waals surface area contributed by atoms with Gasteiger partial charge in [-0.15, -0.1) is 10.2 Å². The molecule has 4 rings (SSSR count). The number of methoxy groups -OCH3 is 1. The van der Waals surface area contributed by atoms with Crippen molar-refractivity contribution in [1.29, 1.82) is 0 Å². The summed E-state index contributed by atoms with van der Waals surface area (Å²) in [5, 5.41) is 15.1. The van der Waals surface area contributed by atoms with E-state index < -0.39 is 0 Å². The van der Waals surface area contributed by atoms with Crippen LogP contribution in [0.4, 0.5) is 0 Å². The van der Waals surface area contributed by atoms with Crippen molar-refractivity contribution in [2.45, 2.75) is 6.61 Å². The molecule has 3 aromatic heterocycles. The van der Waals surface area contributed by atoms with Gasteiger partial charge in [0.2, 0.25) is 0 Å². The molecule has 0 saturated carbocycles. The van der Waals surface area contributed by atoms with Gasteiger partial charge in [0.15, 0.2) is 11.5 Å². The van der Waals surface area contributed by atoms with E-state index in [0.717, 1.165) is 16.7 Å². The van der Waals surface area contributed by atoms with Crippen molar-refractivity contribution >= 4 is 22.5 Å². The first-order chi connectivity index (χ1) is 14.7. The first kappa shape index (κ1) is 19.6. The standard InChI is InChI=1S/C21H22N6O3/c1-22-9-10-24-21(28)14-3-6-19-25-26-20(27(19)12-14)13-30-18-7-8-23-17-11-15(29-2)4-5-16(17)18/h3-8,11-12,22H,9-10,13H2,1-2H3,(H,24,28). The van der Waals surface area contributed by atoms with Gasteiger partial charge in [-0.05, 0) is 37.4 Å². The van der Waals surface area contributed by atoms with E-state index in [0.29, 0.717) is 35.9 Å². The number of nitrogens with one attached hydrogen (secondary N) is 2. The van der Waals surface area contributed by atoms with Crippen LogP contribution in [-0.4, -0.2) is 52.7 Å². The van der Waals surface area contributed by atoms with E-state index in [4.69, 9.17) is 9.47 Å². The maximum absolute atomic E-state index is 12.3. The number of hydrogen-bond acceptors (Lipinski definition) is 7. The lowest BCUT2D eigenvalue weighted by molar-refractivity contribution is 0.0953. The molecule has 0 saturated heterocycles. The van der Waals surface area contributed by atoms with Gasteiger partial charge in [-0.1, -0.05) is 0 Å². The molecule has 2 N–H and O–H groups in total. The number of ether oxygens (including phenoxy) is 2. The Labute approximate surface area is 173 Å². The zero-order valence-electron chi connectivity index (χ0n) is 16.8. The van der Waals surface area contributed by atoms with Crippen molar-refractivity contribution in [1.82, 2.24) is 30.2 Å². The van der Waals surface area contributed by atoms with Gasteiger partial charge in [0.05, 0.1) is 18.2 Å². The van der Waals surface area contributed by atoms with E-state index in [1.54, 1.807) is 42.1 Å². The second-order valence-electron chi connectivity index (χ2n) is 6.60. The minimum absolute atomic E-state index is 0.151. The van der Waals surface area contributed by atoms with E-state index in [1.807, 2.05) is 25.2 Å². The van der Waals surface area contributed by atoms with E-state index in [1.165, 1.54) is 0 Å². The minimum Gasteiger partial charge on any atom is -0.497 e. The van der Waals surface area contributed by atoms with E-state index in [-0.39, 0.29) is 12.5 Å². The van der Waals surface area contributed by atoms with Crippen LogP contribution in [0.3, 0.4) is 0 Å². The number of amides is 1. The normalized spacial score (nSPS) is 11.0. The van der Waals surface area contributed by atoms with Crippen molar-refractivity contribution in [3.05, 3.63) is 60.2 Å². The highest BCUT2D eigenvalue weighted by Gasteiger charge is 2.12. The lowest BCUT2D eigenvalue weighted by Gasteiger charge is -2.09. The fourth-order valence-electron chi connectivity index (χ4n) is 3.07. The lowest BCUT2D eigenvalue weighted by atomic mass is 10.2. The molecule has 0 aliphatic heterocycles. The number of benzene rings is 1. The van der Waals surface area contributed by atoms with Crippen LogP contribution in [0.2, 0.25) is 0 Å². The Bertz CT molecular complexity index is 1190. The molecule has 0 fully saturated rings. The highest BCUT2D eigenvalue weighted by atomic mass is 16.5. The van der Waals surface area contributed by atoms with Gasteiger partial charge in [0, 0.05) is 36.9 Å². The Kier molecular flexibility index (Phi) is 5.71. The van der Waals surface area contributed by atoms with Gasteiger partial charge in [0.1, 0.15) is 18.1 Å². The Morgan fingerprint density at radius 2 is 2.03 bits per heavy atom. The van der Waals surface area contributed by atoms with Crippen molar-refractivity contribution in [3.8, 4) is 11.5 Å². The number of carbonyl (C=O) groups excluding carboxylic acids is 1. The molecule has 1 amide bonds. The quantitative estimate of drug-likeness (QED) is 0.430. The molecule has 4 aromatic rings. The van der Waals surface area contributed by atoms with E-state index >= 15 is 0 Å². The molecule has 9 heteroatoms. The molecule has 0 radical (unpaired) electrons. The molecule has 0 aliphatic rings. The van der Waals surface area contributed by atoms with E-state index in [9.17, 15) is 4.79 Å². The van der Waals surface area contributed by atoms with Gasteiger partial charge >= 0.3 is 0 Å². The molecule has 0 unspecified atom stereocenters. The molecule has 0 atom stereocenters. The summed E-state index contributed by atoms with van der Waals surface area (Å²) < 4.78 is 13.0. The first-order valence-corrected chi connectivity index (χ1v) is 9.51. The number of nitrogens with zero attached hydrogens (tertiary/aromatic N) is 4. The molecular weight excluding hydrogens is 384 g/mol. The molecule has 0 spiro atoms. The topological polar surface area (TPSA) is 103 Å². The third-order valence-electron chi connectivity index (χ3n) is 4.66. The monoisotopic (exact) mass is 406 g/mol. The smallest absolute Gasteiger partial charge is 0.252 e. The average molecular weight is 406 g/mol. The Hall–Kier alpha value is -3.72. The molecule has 0 aliphatic carbocycles. The summed E-state index contributed by atoms with van der Waals surface area (Å²) >= 11 is 0. The lowest BCUT2D eigenvalue weighted by Crippen LogP contribution is -2.30. The third-order valence-corrected chi connectivity index (χ3v) is 4.66. The molecule has 3 heterocycles. The number of carbonyl (C=O) groups is 1. The number of likely N-dealkylation sites (N-methyl/N-ethyl adjacent to an activating group) is 1. The number of pyridine rings is 2. The highest BCUT2D eigenvalue weighted by Crippen LogP contribution is 2.27. The Balaban J connectivity index is 1.55. The number of aromatic nitrogens is 4. The molecule has 1 aromatic carbocycles. The maximum Gasteiger partial charge on any atom is 0.252 e. The summed E-state index contributed by atoms with van der Waals surface area (Å²) in [5.41, 5.74) is 1.95. The third kappa shape index (κ3) is 4.01. The van der Waals surface area contributed by atoms with Gasteiger partial charge in [0.25, 0.3) is 5.91 Å². The van der Waals surface area contributed by atoms with Crippen LogP contribution < -0.4 is 20.1 Å². The van der Waals surface area contributed by atoms with Crippen molar-refractivity contribution in [2.24, 2.45) is 0 Å². The SMILES string of the molecule is CNCCNC(=O)c1ccc2nnc(COc3ccnc4cc(OC)ccc34)n2c1. The van der Waals surface area contributed by atoms with Crippen LogP contribution in [-0.2, 0) is 6.61 Å². The fourth-order valence-corrected chi connectivity index (χ4v) is 3.07. The molecule has 154 valence electrons. The van der Waals surface area contributed by atoms with Gasteiger partial charge in [-0.3, -0.25) is 14.2 Å². The summed E-state index contributed by atoms with van der Waals surface area (Å²) in [4.78, 5) is 16.7. The predicted molar refractivity (Wildman–Crippen MR) is 112 cm³/mol. The first-order valence-electron chi connectivity index (χ1n) is 9.51. The Morgan fingerprint density at radius 3 is 2.87 bits per heavy atom. The van der Waals surface area contributed by atoms with Crippen LogP contribution in [0, 0.1) is 0 Å². The minimum atomic E-state index is -0.151. The molecule has 30 heavy (non-hydrogen) atoms. The van der Waals surface area contributed by atoms with Crippen LogP contribution >= 0.6 is 0 Å². The second-order valence-corrected chi connectivity index (χ2v) is 6.60. The summed E-state index contributed by atoms with van der Waals surface area (Å²) in [7, 11) is 3.46. The van der Waals surface area contributed by atoms with Gasteiger partial charge < -0.3 is 20.1 Å².